The Bertz CT molecular complexity index is 534. The smallest absolute Gasteiger partial charge is 0.179 e. The molecule has 0 saturated carbocycles. The number of carbonyl (C=O) groups excluding carboxylic acids is 1. The Labute approximate surface area is 112 Å². The molecule has 0 aromatic heterocycles. The minimum absolute atomic E-state index is 0.0240. The molecule has 2 aromatic rings. The van der Waals surface area contributed by atoms with Gasteiger partial charge in [-0.25, -0.2) is 0 Å². The van der Waals surface area contributed by atoms with Crippen LogP contribution in [0, 0.1) is 0 Å². The molecule has 0 bridgehead atoms. The predicted molar refractivity (Wildman–Crippen MR) is 75.2 cm³/mol. The molecule has 0 heterocycles. The average Bonchev–Trinajstić information content (AvgIpc) is 2.46. The van der Waals surface area contributed by atoms with Crippen LogP contribution < -0.4 is 5.32 Å². The van der Waals surface area contributed by atoms with Gasteiger partial charge < -0.3 is 10.4 Å². The number of ketones is 1. The summed E-state index contributed by atoms with van der Waals surface area (Å²) in [6.45, 7) is 2.50. The second kappa shape index (κ2) is 6.16. The van der Waals surface area contributed by atoms with E-state index < -0.39 is 0 Å². The summed E-state index contributed by atoms with van der Waals surface area (Å²) < 4.78 is 0. The number of benzene rings is 2. The Hall–Kier alpha value is -2.13. The molecule has 0 saturated heterocycles. The summed E-state index contributed by atoms with van der Waals surface area (Å²) in [4.78, 5) is 12.1. The van der Waals surface area contributed by atoms with Crippen molar-refractivity contribution in [2.24, 2.45) is 0 Å². The molecule has 2 rings (SSSR count). The van der Waals surface area contributed by atoms with Gasteiger partial charge in [0, 0.05) is 12.1 Å². The van der Waals surface area contributed by atoms with Crippen molar-refractivity contribution in [1.29, 1.82) is 0 Å². The van der Waals surface area contributed by atoms with Gasteiger partial charge in [-0.1, -0.05) is 30.3 Å². The molecule has 0 amide bonds. The summed E-state index contributed by atoms with van der Waals surface area (Å²) >= 11 is 0. The molecule has 3 heteroatoms. The second-order valence-electron chi connectivity index (χ2n) is 4.50. The summed E-state index contributed by atoms with van der Waals surface area (Å²) in [5.74, 6) is 0.192. The van der Waals surface area contributed by atoms with Gasteiger partial charge in [-0.2, -0.15) is 0 Å². The third kappa shape index (κ3) is 3.66. The summed E-state index contributed by atoms with van der Waals surface area (Å²) in [5, 5.41) is 12.4. The number of Topliss-reactive ketones (excluding diaryl/α,β-unsaturated/α-hetero) is 1. The van der Waals surface area contributed by atoms with E-state index in [0.717, 1.165) is 5.56 Å². The molecule has 2 aromatic carbocycles. The fourth-order valence-corrected chi connectivity index (χ4v) is 1.84. The average molecular weight is 255 g/mol. The first-order valence-electron chi connectivity index (χ1n) is 6.27. The highest BCUT2D eigenvalue weighted by atomic mass is 16.3. The van der Waals surface area contributed by atoms with Crippen molar-refractivity contribution in [3.05, 3.63) is 65.7 Å². The summed E-state index contributed by atoms with van der Waals surface area (Å²) in [5.41, 5.74) is 1.75. The highest BCUT2D eigenvalue weighted by molar-refractivity contribution is 5.99. The van der Waals surface area contributed by atoms with Gasteiger partial charge in [0.15, 0.2) is 5.78 Å². The lowest BCUT2D eigenvalue weighted by Gasteiger charge is -2.13. The lowest BCUT2D eigenvalue weighted by Crippen LogP contribution is -2.33. The van der Waals surface area contributed by atoms with Crippen molar-refractivity contribution in [3.63, 3.8) is 0 Å². The van der Waals surface area contributed by atoms with Crippen LogP contribution in [0.15, 0.2) is 54.6 Å². The lowest BCUT2D eigenvalue weighted by atomic mass is 10.1. The van der Waals surface area contributed by atoms with Crippen LogP contribution in [-0.2, 0) is 6.54 Å². The van der Waals surface area contributed by atoms with E-state index in [0.29, 0.717) is 12.1 Å². The van der Waals surface area contributed by atoms with Gasteiger partial charge in [0.05, 0.1) is 6.04 Å². The Morgan fingerprint density at radius 2 is 1.74 bits per heavy atom. The maximum Gasteiger partial charge on any atom is 0.179 e. The van der Waals surface area contributed by atoms with Gasteiger partial charge in [0.25, 0.3) is 0 Å². The Balaban J connectivity index is 1.94. The van der Waals surface area contributed by atoms with Gasteiger partial charge in [0.2, 0.25) is 0 Å². The fourth-order valence-electron chi connectivity index (χ4n) is 1.84. The summed E-state index contributed by atoms with van der Waals surface area (Å²) in [6.07, 6.45) is 0. The standard InChI is InChI=1S/C16H17NO2/c1-12(17-11-13-5-3-2-4-6-13)16(19)14-7-9-15(18)10-8-14/h2-10,12,17-18H,11H2,1H3. The maximum absolute atomic E-state index is 12.1. The van der Waals surface area contributed by atoms with E-state index in [1.54, 1.807) is 12.1 Å². The zero-order valence-corrected chi connectivity index (χ0v) is 10.8. The van der Waals surface area contributed by atoms with Gasteiger partial charge in [0.1, 0.15) is 5.75 Å². The number of aromatic hydroxyl groups is 1. The van der Waals surface area contributed by atoms with Crippen molar-refractivity contribution in [2.75, 3.05) is 0 Å². The summed E-state index contributed by atoms with van der Waals surface area (Å²) in [6, 6.07) is 16.0. The van der Waals surface area contributed by atoms with E-state index in [1.807, 2.05) is 37.3 Å². The molecule has 1 atom stereocenters. The van der Waals surface area contributed by atoms with E-state index >= 15 is 0 Å². The van der Waals surface area contributed by atoms with Crippen molar-refractivity contribution in [3.8, 4) is 5.75 Å². The molecular weight excluding hydrogens is 238 g/mol. The number of phenols is 1. The molecule has 3 nitrogen and oxygen atoms in total. The number of hydrogen-bond donors (Lipinski definition) is 2. The lowest BCUT2D eigenvalue weighted by molar-refractivity contribution is 0.0950. The van der Waals surface area contributed by atoms with E-state index in [-0.39, 0.29) is 17.6 Å². The molecule has 0 radical (unpaired) electrons. The second-order valence-corrected chi connectivity index (χ2v) is 4.50. The fraction of sp³-hybridized carbons (Fsp3) is 0.188. The van der Waals surface area contributed by atoms with Gasteiger partial charge in [-0.3, -0.25) is 4.79 Å². The first kappa shape index (κ1) is 13.3. The molecule has 0 aliphatic rings. The molecule has 0 aliphatic carbocycles. The highest BCUT2D eigenvalue weighted by Gasteiger charge is 2.14. The molecule has 19 heavy (non-hydrogen) atoms. The van der Waals surface area contributed by atoms with E-state index in [9.17, 15) is 9.90 Å². The molecule has 1 unspecified atom stereocenters. The van der Waals surface area contributed by atoms with Gasteiger partial charge in [-0.05, 0) is 36.8 Å². The molecule has 2 N–H and O–H groups in total. The Morgan fingerprint density at radius 3 is 2.37 bits per heavy atom. The van der Waals surface area contributed by atoms with Crippen molar-refractivity contribution >= 4 is 5.78 Å². The third-order valence-electron chi connectivity index (χ3n) is 3.00. The topological polar surface area (TPSA) is 49.3 Å². The SMILES string of the molecule is CC(NCc1ccccc1)C(=O)c1ccc(O)cc1. The summed E-state index contributed by atoms with van der Waals surface area (Å²) in [7, 11) is 0. The van der Waals surface area contributed by atoms with Gasteiger partial charge >= 0.3 is 0 Å². The predicted octanol–water partition coefficient (Wildman–Crippen LogP) is 2.75. The first-order valence-corrected chi connectivity index (χ1v) is 6.27. The Morgan fingerprint density at radius 1 is 1.11 bits per heavy atom. The van der Waals surface area contributed by atoms with Crippen LogP contribution in [0.5, 0.6) is 5.75 Å². The third-order valence-corrected chi connectivity index (χ3v) is 3.00. The number of carbonyl (C=O) groups is 1. The zero-order valence-electron chi connectivity index (χ0n) is 10.8. The zero-order chi connectivity index (χ0) is 13.7. The molecule has 0 spiro atoms. The maximum atomic E-state index is 12.1. The minimum Gasteiger partial charge on any atom is -0.508 e. The van der Waals surface area contributed by atoms with Crippen LogP contribution >= 0.6 is 0 Å². The number of hydrogen-bond acceptors (Lipinski definition) is 3. The first-order chi connectivity index (χ1) is 9.16. The normalized spacial score (nSPS) is 12.1. The van der Waals surface area contributed by atoms with Crippen molar-refractivity contribution in [2.45, 2.75) is 19.5 Å². The Kier molecular flexibility index (Phi) is 4.31. The molecule has 0 aliphatic heterocycles. The van der Waals surface area contributed by atoms with Crippen LogP contribution in [-0.4, -0.2) is 16.9 Å². The van der Waals surface area contributed by atoms with E-state index in [2.05, 4.69) is 5.32 Å². The largest absolute Gasteiger partial charge is 0.508 e. The van der Waals surface area contributed by atoms with Crippen molar-refractivity contribution in [1.82, 2.24) is 5.32 Å². The van der Waals surface area contributed by atoms with Crippen LogP contribution in [0.3, 0.4) is 0 Å². The monoisotopic (exact) mass is 255 g/mol. The van der Waals surface area contributed by atoms with Crippen LogP contribution in [0.4, 0.5) is 0 Å². The quantitative estimate of drug-likeness (QED) is 0.808. The van der Waals surface area contributed by atoms with E-state index in [4.69, 9.17) is 0 Å². The molecule has 98 valence electrons. The highest BCUT2D eigenvalue weighted by Crippen LogP contribution is 2.11. The van der Waals surface area contributed by atoms with Crippen LogP contribution in [0.25, 0.3) is 0 Å². The van der Waals surface area contributed by atoms with Gasteiger partial charge in [-0.15, -0.1) is 0 Å². The van der Waals surface area contributed by atoms with Crippen LogP contribution in [0.1, 0.15) is 22.8 Å². The minimum atomic E-state index is -0.259. The van der Waals surface area contributed by atoms with E-state index in [1.165, 1.54) is 12.1 Å². The van der Waals surface area contributed by atoms with Crippen molar-refractivity contribution < 1.29 is 9.90 Å². The molecule has 0 fully saturated rings. The number of phenolic OH excluding ortho intramolecular Hbond substituents is 1. The molecular formula is C16H17NO2. The number of nitrogens with one attached hydrogen (secondary N) is 1. The number of rotatable bonds is 5. The van der Waals surface area contributed by atoms with Crippen LogP contribution in [0.2, 0.25) is 0 Å².